The minimum atomic E-state index is 0.422. The number of benzene rings is 1. The zero-order chi connectivity index (χ0) is 13.6. The van der Waals surface area contributed by atoms with E-state index in [2.05, 4.69) is 49.5 Å². The Balaban J connectivity index is 2.15. The molecule has 0 aromatic heterocycles. The monoisotopic (exact) mass is 259 g/mol. The first-order valence-corrected chi connectivity index (χ1v) is 8.12. The zero-order valence-corrected chi connectivity index (χ0v) is 12.6. The van der Waals surface area contributed by atoms with Crippen LogP contribution >= 0.6 is 0 Å². The molecule has 1 aromatic carbocycles. The van der Waals surface area contributed by atoms with Crippen molar-refractivity contribution in [3.8, 4) is 0 Å². The molecular weight excluding hydrogens is 230 g/mol. The van der Waals surface area contributed by atoms with Gasteiger partial charge < -0.3 is 5.32 Å². The van der Waals surface area contributed by atoms with Crippen LogP contribution in [-0.2, 0) is 5.41 Å². The second-order valence-corrected chi connectivity index (χ2v) is 6.02. The van der Waals surface area contributed by atoms with Crippen LogP contribution in [0.2, 0.25) is 0 Å². The Bertz CT molecular complexity index is 345. The van der Waals surface area contributed by atoms with Gasteiger partial charge in [-0.2, -0.15) is 0 Å². The van der Waals surface area contributed by atoms with Gasteiger partial charge in [-0.25, -0.2) is 0 Å². The summed E-state index contributed by atoms with van der Waals surface area (Å²) >= 11 is 0. The number of rotatable bonds is 8. The van der Waals surface area contributed by atoms with Gasteiger partial charge in [0.1, 0.15) is 0 Å². The molecule has 19 heavy (non-hydrogen) atoms. The van der Waals surface area contributed by atoms with Crippen molar-refractivity contribution in [2.45, 2.75) is 70.3 Å². The summed E-state index contributed by atoms with van der Waals surface area (Å²) < 4.78 is 0. The third-order valence-corrected chi connectivity index (χ3v) is 4.75. The summed E-state index contributed by atoms with van der Waals surface area (Å²) in [7, 11) is 0. The van der Waals surface area contributed by atoms with Gasteiger partial charge in [0.25, 0.3) is 0 Å². The first-order chi connectivity index (χ1) is 9.33. The molecule has 0 amide bonds. The Kier molecular flexibility index (Phi) is 5.45. The number of nitrogens with one attached hydrogen (secondary N) is 1. The third-order valence-electron chi connectivity index (χ3n) is 4.75. The highest BCUT2D eigenvalue weighted by Crippen LogP contribution is 2.47. The fourth-order valence-electron chi connectivity index (χ4n) is 3.47. The molecule has 1 nitrogen and oxygen atoms in total. The quantitative estimate of drug-likeness (QED) is 0.715. The summed E-state index contributed by atoms with van der Waals surface area (Å²) in [6.45, 7) is 5.72. The van der Waals surface area contributed by atoms with E-state index in [9.17, 15) is 0 Å². The molecule has 1 fully saturated rings. The Morgan fingerprint density at radius 1 is 1.11 bits per heavy atom. The summed E-state index contributed by atoms with van der Waals surface area (Å²) in [6, 6.07) is 11.9. The summed E-state index contributed by atoms with van der Waals surface area (Å²) in [5, 5.41) is 3.85. The van der Waals surface area contributed by atoms with Gasteiger partial charge >= 0.3 is 0 Å². The minimum Gasteiger partial charge on any atom is -0.313 e. The van der Waals surface area contributed by atoms with Gasteiger partial charge in [-0.1, -0.05) is 63.4 Å². The molecule has 1 heteroatoms. The average molecular weight is 259 g/mol. The van der Waals surface area contributed by atoms with Crippen LogP contribution in [0.25, 0.3) is 0 Å². The van der Waals surface area contributed by atoms with Crippen LogP contribution in [0.4, 0.5) is 0 Å². The normalized spacial score (nSPS) is 18.8. The smallest absolute Gasteiger partial charge is 0.0164 e. The standard InChI is InChI=1S/C18H29N/c1-3-5-12-17(19-15-4-2)18(13-9-14-18)16-10-7-6-8-11-16/h6-8,10-11,17,19H,3-5,9,12-15H2,1-2H3. The van der Waals surface area contributed by atoms with Crippen LogP contribution < -0.4 is 5.32 Å². The molecule has 1 aliphatic carbocycles. The van der Waals surface area contributed by atoms with Crippen molar-refractivity contribution in [1.29, 1.82) is 0 Å². The van der Waals surface area contributed by atoms with Gasteiger partial charge in [0, 0.05) is 11.5 Å². The highest BCUT2D eigenvalue weighted by atomic mass is 14.9. The molecule has 0 spiro atoms. The van der Waals surface area contributed by atoms with Gasteiger partial charge in [-0.3, -0.25) is 0 Å². The maximum atomic E-state index is 3.85. The van der Waals surface area contributed by atoms with Crippen molar-refractivity contribution in [2.75, 3.05) is 6.54 Å². The summed E-state index contributed by atoms with van der Waals surface area (Å²) in [5.41, 5.74) is 1.98. The van der Waals surface area contributed by atoms with Crippen molar-refractivity contribution in [1.82, 2.24) is 5.32 Å². The first-order valence-electron chi connectivity index (χ1n) is 8.12. The number of hydrogen-bond donors (Lipinski definition) is 1. The van der Waals surface area contributed by atoms with E-state index in [-0.39, 0.29) is 0 Å². The van der Waals surface area contributed by atoms with E-state index in [1.54, 1.807) is 5.56 Å². The van der Waals surface area contributed by atoms with Crippen molar-refractivity contribution < 1.29 is 0 Å². The fraction of sp³-hybridized carbons (Fsp3) is 0.667. The first kappa shape index (κ1) is 14.6. The van der Waals surface area contributed by atoms with E-state index in [1.165, 1.54) is 44.9 Å². The van der Waals surface area contributed by atoms with Crippen LogP contribution in [0, 0.1) is 0 Å². The summed E-state index contributed by atoms with van der Waals surface area (Å²) in [5.74, 6) is 0. The highest BCUT2D eigenvalue weighted by molar-refractivity contribution is 5.30. The molecule has 0 aliphatic heterocycles. The lowest BCUT2D eigenvalue weighted by atomic mass is 9.59. The van der Waals surface area contributed by atoms with E-state index >= 15 is 0 Å². The van der Waals surface area contributed by atoms with Crippen molar-refractivity contribution in [3.05, 3.63) is 35.9 Å². The van der Waals surface area contributed by atoms with Gasteiger partial charge in [-0.05, 0) is 37.8 Å². The Morgan fingerprint density at radius 2 is 1.84 bits per heavy atom. The lowest BCUT2D eigenvalue weighted by Crippen LogP contribution is -2.53. The Labute approximate surface area is 118 Å². The molecule has 1 unspecified atom stereocenters. The SMILES string of the molecule is CCCCC(NCCC)C1(c2ccccc2)CCC1. The van der Waals surface area contributed by atoms with Gasteiger partial charge in [-0.15, -0.1) is 0 Å². The van der Waals surface area contributed by atoms with Crippen LogP contribution in [-0.4, -0.2) is 12.6 Å². The second kappa shape index (κ2) is 7.09. The molecule has 0 saturated heterocycles. The molecule has 2 rings (SSSR count). The van der Waals surface area contributed by atoms with E-state index in [0.29, 0.717) is 11.5 Å². The molecule has 0 radical (unpaired) electrons. The topological polar surface area (TPSA) is 12.0 Å². The van der Waals surface area contributed by atoms with E-state index in [4.69, 9.17) is 0 Å². The molecular formula is C18H29N. The highest BCUT2D eigenvalue weighted by Gasteiger charge is 2.44. The minimum absolute atomic E-state index is 0.422. The van der Waals surface area contributed by atoms with Crippen molar-refractivity contribution in [3.63, 3.8) is 0 Å². The second-order valence-electron chi connectivity index (χ2n) is 6.02. The maximum Gasteiger partial charge on any atom is 0.0164 e. The predicted octanol–water partition coefficient (Wildman–Crippen LogP) is 4.67. The van der Waals surface area contributed by atoms with Crippen LogP contribution in [0.15, 0.2) is 30.3 Å². The fourth-order valence-corrected chi connectivity index (χ4v) is 3.47. The molecule has 1 atom stereocenters. The van der Waals surface area contributed by atoms with Crippen LogP contribution in [0.3, 0.4) is 0 Å². The molecule has 0 bridgehead atoms. The van der Waals surface area contributed by atoms with Crippen LogP contribution in [0.1, 0.15) is 64.4 Å². The van der Waals surface area contributed by atoms with Crippen LogP contribution in [0.5, 0.6) is 0 Å². The van der Waals surface area contributed by atoms with E-state index in [0.717, 1.165) is 6.54 Å². The molecule has 106 valence electrons. The zero-order valence-electron chi connectivity index (χ0n) is 12.6. The molecule has 1 N–H and O–H groups in total. The van der Waals surface area contributed by atoms with Gasteiger partial charge in [0.05, 0.1) is 0 Å². The van der Waals surface area contributed by atoms with Gasteiger partial charge in [0.15, 0.2) is 0 Å². The summed E-state index contributed by atoms with van der Waals surface area (Å²) in [6.07, 6.45) is 9.32. The molecule has 1 aromatic rings. The molecule has 1 aliphatic rings. The Morgan fingerprint density at radius 3 is 2.37 bits per heavy atom. The van der Waals surface area contributed by atoms with E-state index < -0.39 is 0 Å². The molecule has 0 heterocycles. The third kappa shape index (κ3) is 3.20. The number of hydrogen-bond acceptors (Lipinski definition) is 1. The Hall–Kier alpha value is -0.820. The largest absolute Gasteiger partial charge is 0.313 e. The average Bonchev–Trinajstić information content (AvgIpc) is 2.41. The lowest BCUT2D eigenvalue weighted by molar-refractivity contribution is 0.159. The summed E-state index contributed by atoms with van der Waals surface area (Å²) in [4.78, 5) is 0. The molecule has 1 saturated carbocycles. The van der Waals surface area contributed by atoms with Gasteiger partial charge in [0.2, 0.25) is 0 Å². The van der Waals surface area contributed by atoms with E-state index in [1.807, 2.05) is 0 Å². The predicted molar refractivity (Wildman–Crippen MR) is 83.6 cm³/mol. The number of unbranched alkanes of at least 4 members (excludes halogenated alkanes) is 1. The lowest BCUT2D eigenvalue weighted by Gasteiger charge is -2.49. The van der Waals surface area contributed by atoms with Crippen molar-refractivity contribution >= 4 is 0 Å². The maximum absolute atomic E-state index is 3.85. The van der Waals surface area contributed by atoms with Crippen molar-refractivity contribution in [2.24, 2.45) is 0 Å².